The van der Waals surface area contributed by atoms with E-state index in [0.717, 1.165) is 19.5 Å². The second-order valence-corrected chi connectivity index (χ2v) is 3.66. The van der Waals surface area contributed by atoms with Gasteiger partial charge in [-0.2, -0.15) is 0 Å². The zero-order valence-electron chi connectivity index (χ0n) is 9.86. The number of phenolic OH excluding ortho intramolecular Hbond substituents is 2. The Balaban J connectivity index is 2.44. The van der Waals surface area contributed by atoms with Crippen LogP contribution < -0.4 is 10.6 Å². The van der Waals surface area contributed by atoms with Crippen LogP contribution in [0, 0.1) is 0 Å². The molecule has 0 aromatic heterocycles. The van der Waals surface area contributed by atoms with Crippen molar-refractivity contribution in [1.82, 2.24) is 10.6 Å². The molecule has 0 aliphatic carbocycles. The maximum absolute atomic E-state index is 11.6. The molecule has 0 unspecified atom stereocenters. The number of amides is 1. The Morgan fingerprint density at radius 2 is 2.06 bits per heavy atom. The van der Waals surface area contributed by atoms with Crippen molar-refractivity contribution in [2.24, 2.45) is 0 Å². The molecule has 0 atom stereocenters. The van der Waals surface area contributed by atoms with Gasteiger partial charge in [0.1, 0.15) is 11.5 Å². The van der Waals surface area contributed by atoms with Crippen LogP contribution in [0.15, 0.2) is 18.2 Å². The maximum atomic E-state index is 11.6. The summed E-state index contributed by atoms with van der Waals surface area (Å²) in [6, 6.07) is 3.87. The van der Waals surface area contributed by atoms with Crippen LogP contribution in [-0.2, 0) is 0 Å². The van der Waals surface area contributed by atoms with Crippen molar-refractivity contribution in [1.29, 1.82) is 0 Å². The van der Waals surface area contributed by atoms with Crippen LogP contribution in [0.1, 0.15) is 23.7 Å². The lowest BCUT2D eigenvalue weighted by Crippen LogP contribution is -2.27. The van der Waals surface area contributed by atoms with Crippen LogP contribution in [0.5, 0.6) is 11.5 Å². The van der Waals surface area contributed by atoms with Crippen LogP contribution in [0.2, 0.25) is 0 Å². The highest BCUT2D eigenvalue weighted by molar-refractivity contribution is 5.97. The number of aromatic hydroxyl groups is 2. The van der Waals surface area contributed by atoms with Crippen LogP contribution in [0.3, 0.4) is 0 Å². The number of hydrogen-bond acceptors (Lipinski definition) is 4. The Morgan fingerprint density at radius 1 is 1.29 bits per heavy atom. The molecule has 1 aromatic rings. The van der Waals surface area contributed by atoms with Gasteiger partial charge in [-0.3, -0.25) is 4.79 Å². The van der Waals surface area contributed by atoms with Gasteiger partial charge in [-0.25, -0.2) is 0 Å². The molecular weight excluding hydrogens is 220 g/mol. The van der Waals surface area contributed by atoms with Gasteiger partial charge in [0.15, 0.2) is 0 Å². The van der Waals surface area contributed by atoms with Gasteiger partial charge in [0.05, 0.1) is 5.56 Å². The summed E-state index contributed by atoms with van der Waals surface area (Å²) in [4.78, 5) is 11.6. The molecule has 0 heterocycles. The van der Waals surface area contributed by atoms with E-state index in [1.165, 1.54) is 18.2 Å². The number of carbonyl (C=O) groups excluding carboxylic acids is 1. The quantitative estimate of drug-likeness (QED) is 0.437. The molecule has 1 amide bonds. The van der Waals surface area contributed by atoms with E-state index in [0.29, 0.717) is 6.54 Å². The first-order chi connectivity index (χ1) is 8.15. The Bertz CT molecular complexity index is 380. The molecule has 0 saturated carbocycles. The lowest BCUT2D eigenvalue weighted by molar-refractivity contribution is 0.0950. The van der Waals surface area contributed by atoms with Crippen LogP contribution in [-0.4, -0.2) is 35.8 Å². The average molecular weight is 238 g/mol. The van der Waals surface area contributed by atoms with E-state index in [4.69, 9.17) is 0 Å². The topological polar surface area (TPSA) is 81.6 Å². The third kappa shape index (κ3) is 4.32. The van der Waals surface area contributed by atoms with E-state index in [-0.39, 0.29) is 23.0 Å². The first-order valence-electron chi connectivity index (χ1n) is 5.66. The minimum absolute atomic E-state index is 0.0411. The lowest BCUT2D eigenvalue weighted by Gasteiger charge is -2.07. The summed E-state index contributed by atoms with van der Waals surface area (Å²) in [7, 11) is 0. The Kier molecular flexibility index (Phi) is 5.29. The first kappa shape index (κ1) is 13.3. The minimum atomic E-state index is -0.380. The Hall–Kier alpha value is -1.75. The van der Waals surface area contributed by atoms with E-state index in [2.05, 4.69) is 10.6 Å². The normalized spacial score (nSPS) is 10.2. The molecule has 0 saturated heterocycles. The molecule has 0 spiro atoms. The number of nitrogens with one attached hydrogen (secondary N) is 2. The van der Waals surface area contributed by atoms with Crippen molar-refractivity contribution < 1.29 is 15.0 Å². The molecule has 5 nitrogen and oxygen atoms in total. The second kappa shape index (κ2) is 6.75. The standard InChI is InChI=1S/C12H18N2O3/c1-2-13-6-3-7-14-12(17)10-8-9(15)4-5-11(10)16/h4-5,8,13,15-16H,2-3,6-7H2,1H3,(H,14,17). The fourth-order valence-electron chi connectivity index (χ4n) is 1.39. The van der Waals surface area contributed by atoms with Crippen LogP contribution in [0.4, 0.5) is 0 Å². The van der Waals surface area contributed by atoms with E-state index in [9.17, 15) is 15.0 Å². The summed E-state index contributed by atoms with van der Waals surface area (Å²) in [5.74, 6) is -0.553. The minimum Gasteiger partial charge on any atom is -0.508 e. The van der Waals surface area contributed by atoms with E-state index < -0.39 is 0 Å². The predicted octanol–water partition coefficient (Wildman–Crippen LogP) is 0.827. The number of carbonyl (C=O) groups is 1. The fourth-order valence-corrected chi connectivity index (χ4v) is 1.39. The summed E-state index contributed by atoms with van der Waals surface area (Å²) in [5, 5.41) is 24.5. The van der Waals surface area contributed by atoms with Gasteiger partial charge in [-0.15, -0.1) is 0 Å². The van der Waals surface area contributed by atoms with Gasteiger partial charge in [0, 0.05) is 6.54 Å². The van der Waals surface area contributed by atoms with Crippen molar-refractivity contribution in [3.05, 3.63) is 23.8 Å². The van der Waals surface area contributed by atoms with Gasteiger partial charge in [0.2, 0.25) is 0 Å². The monoisotopic (exact) mass is 238 g/mol. The van der Waals surface area contributed by atoms with Gasteiger partial charge in [-0.05, 0) is 37.7 Å². The third-order valence-corrected chi connectivity index (χ3v) is 2.29. The summed E-state index contributed by atoms with van der Waals surface area (Å²) in [6.45, 7) is 4.29. The molecule has 0 radical (unpaired) electrons. The lowest BCUT2D eigenvalue weighted by atomic mass is 10.1. The SMILES string of the molecule is CCNCCCNC(=O)c1cc(O)ccc1O. The molecule has 5 heteroatoms. The van der Waals surface area contributed by atoms with Crippen LogP contribution in [0.25, 0.3) is 0 Å². The molecule has 0 aliphatic rings. The highest BCUT2D eigenvalue weighted by Gasteiger charge is 2.10. The van der Waals surface area contributed by atoms with Gasteiger partial charge in [0.25, 0.3) is 5.91 Å². The molecule has 0 aliphatic heterocycles. The number of benzene rings is 1. The zero-order valence-corrected chi connectivity index (χ0v) is 9.86. The fraction of sp³-hybridized carbons (Fsp3) is 0.417. The van der Waals surface area contributed by atoms with Crippen molar-refractivity contribution in [3.63, 3.8) is 0 Å². The predicted molar refractivity (Wildman–Crippen MR) is 65.3 cm³/mol. The Labute approximate surface area is 100 Å². The highest BCUT2D eigenvalue weighted by atomic mass is 16.3. The summed E-state index contributed by atoms with van der Waals surface area (Å²) < 4.78 is 0. The van der Waals surface area contributed by atoms with E-state index in [1.807, 2.05) is 6.92 Å². The van der Waals surface area contributed by atoms with Crippen molar-refractivity contribution in [2.45, 2.75) is 13.3 Å². The van der Waals surface area contributed by atoms with Crippen molar-refractivity contribution in [2.75, 3.05) is 19.6 Å². The molecule has 1 aromatic carbocycles. The van der Waals surface area contributed by atoms with Crippen LogP contribution >= 0.6 is 0 Å². The smallest absolute Gasteiger partial charge is 0.255 e. The van der Waals surface area contributed by atoms with E-state index >= 15 is 0 Å². The van der Waals surface area contributed by atoms with Gasteiger partial charge in [-0.1, -0.05) is 6.92 Å². The number of rotatable bonds is 6. The molecule has 0 fully saturated rings. The summed E-state index contributed by atoms with van der Waals surface area (Å²) in [6.07, 6.45) is 0.819. The second-order valence-electron chi connectivity index (χ2n) is 3.66. The van der Waals surface area contributed by atoms with Gasteiger partial charge < -0.3 is 20.8 Å². The molecule has 17 heavy (non-hydrogen) atoms. The molecular formula is C12H18N2O3. The first-order valence-corrected chi connectivity index (χ1v) is 5.66. The number of phenols is 2. The maximum Gasteiger partial charge on any atom is 0.255 e. The largest absolute Gasteiger partial charge is 0.508 e. The average Bonchev–Trinajstić information content (AvgIpc) is 2.32. The molecule has 1 rings (SSSR count). The Morgan fingerprint density at radius 3 is 2.76 bits per heavy atom. The molecule has 94 valence electrons. The highest BCUT2D eigenvalue weighted by Crippen LogP contribution is 2.21. The van der Waals surface area contributed by atoms with Crippen molar-refractivity contribution in [3.8, 4) is 11.5 Å². The summed E-state index contributed by atoms with van der Waals surface area (Å²) in [5.41, 5.74) is 0.0912. The van der Waals surface area contributed by atoms with E-state index in [1.54, 1.807) is 0 Å². The molecule has 0 bridgehead atoms. The molecule has 4 N–H and O–H groups in total. The zero-order chi connectivity index (χ0) is 12.7. The number of hydrogen-bond donors (Lipinski definition) is 4. The third-order valence-electron chi connectivity index (χ3n) is 2.29. The van der Waals surface area contributed by atoms with Gasteiger partial charge >= 0.3 is 0 Å². The summed E-state index contributed by atoms with van der Waals surface area (Å²) >= 11 is 0. The van der Waals surface area contributed by atoms with Crippen molar-refractivity contribution >= 4 is 5.91 Å².